The van der Waals surface area contributed by atoms with Crippen LogP contribution in [0, 0.1) is 0 Å². The van der Waals surface area contributed by atoms with E-state index in [2.05, 4.69) is 4.90 Å². The molecule has 0 radical (unpaired) electrons. The summed E-state index contributed by atoms with van der Waals surface area (Å²) in [6.45, 7) is 3.63. The van der Waals surface area contributed by atoms with Crippen molar-refractivity contribution >= 4 is 17.3 Å². The zero-order valence-corrected chi connectivity index (χ0v) is 11.7. The normalized spacial score (nSPS) is 22.1. The van der Waals surface area contributed by atoms with E-state index in [0.717, 1.165) is 42.2 Å². The Bertz CT molecular complexity index is 461. The molecule has 19 heavy (non-hydrogen) atoms. The molecule has 0 unspecified atom stereocenters. The van der Waals surface area contributed by atoms with Crippen molar-refractivity contribution in [3.8, 4) is 0 Å². The lowest BCUT2D eigenvalue weighted by molar-refractivity contribution is -0.161. The van der Waals surface area contributed by atoms with Crippen LogP contribution in [0.5, 0.6) is 0 Å². The second-order valence-electron chi connectivity index (χ2n) is 5.11. The Labute approximate surface area is 118 Å². The zero-order valence-electron chi connectivity index (χ0n) is 10.9. The fraction of sp³-hybridized carbons (Fsp3) is 0.571. The fourth-order valence-electron chi connectivity index (χ4n) is 2.93. The highest BCUT2D eigenvalue weighted by Crippen LogP contribution is 2.34. The van der Waals surface area contributed by atoms with Gasteiger partial charge in [-0.05, 0) is 24.1 Å². The summed E-state index contributed by atoms with van der Waals surface area (Å²) in [6.07, 6.45) is 2.01. The van der Waals surface area contributed by atoms with Crippen LogP contribution in [-0.2, 0) is 16.0 Å². The van der Waals surface area contributed by atoms with Gasteiger partial charge in [0, 0.05) is 30.2 Å². The Hall–Kier alpha value is -0.810. The van der Waals surface area contributed by atoms with Crippen LogP contribution in [0.4, 0.5) is 5.69 Å². The molecule has 0 aliphatic carbocycles. The number of halogens is 1. The molecule has 0 saturated carbocycles. The summed E-state index contributed by atoms with van der Waals surface area (Å²) in [7, 11) is 0. The number of anilines is 1. The van der Waals surface area contributed by atoms with E-state index in [-0.39, 0.29) is 0 Å². The maximum Gasteiger partial charge on any atom is 0.186 e. The first kappa shape index (κ1) is 13.2. The van der Waals surface area contributed by atoms with Crippen LogP contribution in [0.25, 0.3) is 0 Å². The summed E-state index contributed by atoms with van der Waals surface area (Å²) >= 11 is 6.11. The van der Waals surface area contributed by atoms with Gasteiger partial charge in [-0.15, -0.1) is 0 Å². The third-order valence-corrected chi connectivity index (χ3v) is 4.07. The van der Waals surface area contributed by atoms with Gasteiger partial charge in [-0.3, -0.25) is 0 Å². The Morgan fingerprint density at radius 3 is 2.84 bits per heavy atom. The highest BCUT2D eigenvalue weighted by atomic mass is 35.5. The zero-order chi connectivity index (χ0) is 13.3. The highest BCUT2D eigenvalue weighted by Gasteiger charge is 2.41. The van der Waals surface area contributed by atoms with Crippen molar-refractivity contribution in [2.75, 3.05) is 31.2 Å². The van der Waals surface area contributed by atoms with E-state index in [1.165, 1.54) is 0 Å². The predicted molar refractivity (Wildman–Crippen MR) is 75.4 cm³/mol. The predicted octanol–water partition coefficient (Wildman–Crippen LogP) is 2.14. The lowest BCUT2D eigenvalue weighted by Crippen LogP contribution is -2.49. The van der Waals surface area contributed by atoms with Gasteiger partial charge in [0.2, 0.25) is 0 Å². The second-order valence-corrected chi connectivity index (χ2v) is 5.55. The number of hydrogen-bond acceptors (Lipinski definition) is 4. The number of piperidine rings is 1. The summed E-state index contributed by atoms with van der Waals surface area (Å²) < 4.78 is 11.6. The largest absolute Gasteiger partial charge is 0.366 e. The molecule has 1 spiro atoms. The number of rotatable bonds is 2. The molecule has 5 heteroatoms. The average Bonchev–Trinajstić information content (AvgIpc) is 2.86. The monoisotopic (exact) mass is 282 g/mol. The molecule has 104 valence electrons. The molecule has 4 nitrogen and oxygen atoms in total. The highest BCUT2D eigenvalue weighted by molar-refractivity contribution is 6.30. The molecule has 1 aromatic rings. The first-order valence-corrected chi connectivity index (χ1v) is 7.12. The molecule has 0 atom stereocenters. The first-order chi connectivity index (χ1) is 9.22. The smallest absolute Gasteiger partial charge is 0.186 e. The van der Waals surface area contributed by atoms with Gasteiger partial charge < -0.3 is 20.1 Å². The Morgan fingerprint density at radius 1 is 1.32 bits per heavy atom. The van der Waals surface area contributed by atoms with Crippen molar-refractivity contribution in [1.29, 1.82) is 0 Å². The number of nitrogens with zero attached hydrogens (tertiary/aromatic N) is 1. The topological polar surface area (TPSA) is 47.7 Å². The molecular formula is C14H19ClN2O2. The molecule has 0 bridgehead atoms. The Balaban J connectivity index is 1.87. The summed E-state index contributed by atoms with van der Waals surface area (Å²) in [5.41, 5.74) is 8.04. The summed E-state index contributed by atoms with van der Waals surface area (Å²) in [5.74, 6) is -0.424. The first-order valence-electron chi connectivity index (χ1n) is 6.74. The van der Waals surface area contributed by atoms with Gasteiger partial charge >= 0.3 is 0 Å². The summed E-state index contributed by atoms with van der Waals surface area (Å²) in [6, 6.07) is 5.86. The maximum atomic E-state index is 6.11. The minimum atomic E-state index is -0.424. The van der Waals surface area contributed by atoms with Gasteiger partial charge in [0.05, 0.1) is 19.8 Å². The number of ether oxygens (including phenoxy) is 2. The quantitative estimate of drug-likeness (QED) is 0.903. The van der Waals surface area contributed by atoms with E-state index in [4.69, 9.17) is 26.8 Å². The van der Waals surface area contributed by atoms with Crippen molar-refractivity contribution in [3.05, 3.63) is 28.8 Å². The molecule has 1 aromatic carbocycles. The molecule has 3 rings (SSSR count). The Kier molecular flexibility index (Phi) is 3.67. The van der Waals surface area contributed by atoms with Gasteiger partial charge in [-0.2, -0.15) is 0 Å². The molecule has 2 saturated heterocycles. The maximum absolute atomic E-state index is 6.11. The van der Waals surface area contributed by atoms with E-state index in [1.54, 1.807) is 0 Å². The van der Waals surface area contributed by atoms with Crippen LogP contribution in [-0.4, -0.2) is 32.1 Å². The van der Waals surface area contributed by atoms with Gasteiger partial charge in [0.1, 0.15) is 0 Å². The number of benzene rings is 1. The fourth-order valence-corrected chi connectivity index (χ4v) is 3.10. The van der Waals surface area contributed by atoms with E-state index in [1.807, 2.05) is 18.2 Å². The third-order valence-electron chi connectivity index (χ3n) is 3.84. The van der Waals surface area contributed by atoms with Crippen LogP contribution in [0.3, 0.4) is 0 Å². The molecule has 2 fully saturated rings. The SMILES string of the molecule is NCc1ccc(Cl)cc1N1CCCC2(C1)OCCO2. The standard InChI is InChI=1S/C14H19ClN2O2/c15-12-3-2-11(9-16)13(8-12)17-5-1-4-14(10-17)18-6-7-19-14/h2-3,8H,1,4-7,9-10,16H2. The Morgan fingerprint density at radius 2 is 2.11 bits per heavy atom. The van der Waals surface area contributed by atoms with Crippen LogP contribution in [0.2, 0.25) is 5.02 Å². The van der Waals surface area contributed by atoms with Gasteiger partial charge in [0.15, 0.2) is 5.79 Å². The van der Waals surface area contributed by atoms with E-state index in [9.17, 15) is 0 Å². The summed E-state index contributed by atoms with van der Waals surface area (Å²) in [4.78, 5) is 2.28. The molecular weight excluding hydrogens is 264 g/mol. The van der Waals surface area contributed by atoms with Crippen molar-refractivity contribution < 1.29 is 9.47 Å². The van der Waals surface area contributed by atoms with Crippen molar-refractivity contribution in [2.45, 2.75) is 25.2 Å². The molecule has 2 heterocycles. The van der Waals surface area contributed by atoms with Gasteiger partial charge in [-0.25, -0.2) is 0 Å². The van der Waals surface area contributed by atoms with E-state index < -0.39 is 5.79 Å². The number of nitrogens with two attached hydrogens (primary N) is 1. The molecule has 0 amide bonds. The van der Waals surface area contributed by atoms with Crippen molar-refractivity contribution in [1.82, 2.24) is 0 Å². The van der Waals surface area contributed by atoms with Crippen LogP contribution >= 0.6 is 11.6 Å². The van der Waals surface area contributed by atoms with Crippen LogP contribution in [0.15, 0.2) is 18.2 Å². The lowest BCUT2D eigenvalue weighted by Gasteiger charge is -2.40. The molecule has 2 aliphatic heterocycles. The number of hydrogen-bond donors (Lipinski definition) is 1. The minimum absolute atomic E-state index is 0.424. The lowest BCUT2D eigenvalue weighted by atomic mass is 10.0. The third kappa shape index (κ3) is 2.58. The van der Waals surface area contributed by atoms with Crippen LogP contribution < -0.4 is 10.6 Å². The second kappa shape index (κ2) is 5.29. The summed E-state index contributed by atoms with van der Waals surface area (Å²) in [5, 5.41) is 0.736. The van der Waals surface area contributed by atoms with E-state index >= 15 is 0 Å². The molecule has 0 aromatic heterocycles. The molecule has 2 N–H and O–H groups in total. The molecule has 2 aliphatic rings. The average molecular weight is 283 g/mol. The van der Waals surface area contributed by atoms with Gasteiger partial charge in [0.25, 0.3) is 0 Å². The van der Waals surface area contributed by atoms with Crippen molar-refractivity contribution in [3.63, 3.8) is 0 Å². The van der Waals surface area contributed by atoms with Crippen molar-refractivity contribution in [2.24, 2.45) is 5.73 Å². The van der Waals surface area contributed by atoms with Crippen LogP contribution in [0.1, 0.15) is 18.4 Å². The van der Waals surface area contributed by atoms with E-state index in [0.29, 0.717) is 19.8 Å². The minimum Gasteiger partial charge on any atom is -0.366 e. The van der Waals surface area contributed by atoms with Gasteiger partial charge in [-0.1, -0.05) is 17.7 Å².